The molecule has 2 aliphatic rings. The van der Waals surface area contributed by atoms with E-state index in [9.17, 15) is 4.79 Å². The largest absolute Gasteiger partial charge is 0.455 e. The normalized spacial score (nSPS) is 17.1. The third kappa shape index (κ3) is 5.04. The lowest BCUT2D eigenvalue weighted by molar-refractivity contribution is -0.117. The number of guanidine groups is 1. The Labute approximate surface area is 208 Å². The number of nitrogens with zero attached hydrogens (tertiary/aromatic N) is 4. The highest BCUT2D eigenvalue weighted by Crippen LogP contribution is 2.36. The molecule has 0 bridgehead atoms. The van der Waals surface area contributed by atoms with Crippen LogP contribution < -0.4 is 20.4 Å². The minimum absolute atomic E-state index is 0.0820. The summed E-state index contributed by atoms with van der Waals surface area (Å²) in [5.74, 6) is 0.0776. The average molecular weight is 501 g/mol. The first-order valence-electron chi connectivity index (χ1n) is 10.9. The molecule has 0 radical (unpaired) electrons. The third-order valence-corrected chi connectivity index (χ3v) is 6.30. The molecule has 1 amide bonds. The van der Waals surface area contributed by atoms with E-state index < -0.39 is 0 Å². The number of amides is 1. The van der Waals surface area contributed by atoms with Crippen molar-refractivity contribution >= 4 is 58.8 Å². The predicted octanol–water partition coefficient (Wildman–Crippen LogP) is 4.43. The molecule has 2 heterocycles. The van der Waals surface area contributed by atoms with Gasteiger partial charge in [-0.25, -0.2) is 4.99 Å². The van der Waals surface area contributed by atoms with Crippen LogP contribution in [-0.2, 0) is 9.53 Å². The molecule has 0 spiro atoms. The van der Waals surface area contributed by atoms with Gasteiger partial charge in [0.1, 0.15) is 0 Å². The maximum atomic E-state index is 13.0. The maximum Gasteiger partial charge on any atom is 0.262 e. The van der Waals surface area contributed by atoms with Crippen molar-refractivity contribution in [2.24, 2.45) is 9.98 Å². The van der Waals surface area contributed by atoms with Gasteiger partial charge in [0.15, 0.2) is 6.73 Å². The van der Waals surface area contributed by atoms with Crippen molar-refractivity contribution < 1.29 is 9.53 Å². The van der Waals surface area contributed by atoms with Gasteiger partial charge in [0.05, 0.1) is 21.3 Å². The van der Waals surface area contributed by atoms with Crippen molar-refractivity contribution in [2.45, 2.75) is 13.8 Å². The van der Waals surface area contributed by atoms with Gasteiger partial charge in [-0.05, 0) is 56.5 Å². The summed E-state index contributed by atoms with van der Waals surface area (Å²) < 4.78 is 5.77. The molecule has 0 atom stereocenters. The van der Waals surface area contributed by atoms with Gasteiger partial charge in [-0.3, -0.25) is 9.69 Å². The van der Waals surface area contributed by atoms with E-state index in [0.29, 0.717) is 21.3 Å². The monoisotopic (exact) mass is 500 g/mol. The van der Waals surface area contributed by atoms with Gasteiger partial charge in [-0.2, -0.15) is 4.99 Å². The maximum absolute atomic E-state index is 13.0. The van der Waals surface area contributed by atoms with Gasteiger partial charge >= 0.3 is 0 Å². The van der Waals surface area contributed by atoms with Gasteiger partial charge in [-0.15, -0.1) is 0 Å². The number of anilines is 3. The molecule has 0 aliphatic carbocycles. The fourth-order valence-electron chi connectivity index (χ4n) is 3.94. The molecular weight excluding hydrogens is 475 g/mol. The molecule has 1 fully saturated rings. The third-order valence-electron chi connectivity index (χ3n) is 5.69. The summed E-state index contributed by atoms with van der Waals surface area (Å²) in [5.41, 5.74) is 3.86. The zero-order valence-corrected chi connectivity index (χ0v) is 20.6. The van der Waals surface area contributed by atoms with Crippen LogP contribution in [0.15, 0.2) is 57.8 Å². The van der Waals surface area contributed by atoms with E-state index in [2.05, 4.69) is 45.2 Å². The number of hydrogen-bond donors (Lipinski definition) is 2. The Balaban J connectivity index is 1.53. The lowest BCUT2D eigenvalue weighted by Gasteiger charge is -2.31. The van der Waals surface area contributed by atoms with Gasteiger partial charge in [0.2, 0.25) is 11.8 Å². The number of benzene rings is 2. The average Bonchev–Trinajstić information content (AvgIpc) is 2.83. The first-order valence-corrected chi connectivity index (χ1v) is 11.6. The van der Waals surface area contributed by atoms with Crippen molar-refractivity contribution in [2.75, 3.05) is 48.0 Å². The van der Waals surface area contributed by atoms with Crippen LogP contribution in [0.2, 0.25) is 10.0 Å². The number of ether oxygens (including phenoxy) is 1. The summed E-state index contributed by atoms with van der Waals surface area (Å²) in [6, 6.07) is 11.1. The minimum atomic E-state index is -0.306. The van der Waals surface area contributed by atoms with Crippen molar-refractivity contribution in [1.29, 1.82) is 0 Å². The van der Waals surface area contributed by atoms with E-state index >= 15 is 0 Å². The number of aliphatic imine (C=N–C) groups is 2. The zero-order valence-electron chi connectivity index (χ0n) is 19.1. The fourth-order valence-corrected chi connectivity index (χ4v) is 4.54. The number of carbonyl (C=O) groups excluding carboxylic acids is 1. The highest BCUT2D eigenvalue weighted by molar-refractivity contribution is 6.40. The number of aryl methyl sites for hydroxylation is 1. The molecule has 2 aromatic carbocycles. The lowest BCUT2D eigenvalue weighted by atomic mass is 10.1. The number of carbonyl (C=O) groups is 1. The Morgan fingerprint density at radius 1 is 1.15 bits per heavy atom. The Morgan fingerprint density at radius 3 is 2.50 bits per heavy atom. The van der Waals surface area contributed by atoms with Crippen LogP contribution in [0.4, 0.5) is 17.1 Å². The van der Waals surface area contributed by atoms with Crippen molar-refractivity contribution in [1.82, 2.24) is 5.32 Å². The molecule has 0 unspecified atom stereocenters. The van der Waals surface area contributed by atoms with Gasteiger partial charge < -0.3 is 20.3 Å². The summed E-state index contributed by atoms with van der Waals surface area (Å²) in [6.45, 7) is 11.1. The van der Waals surface area contributed by atoms with E-state index in [1.807, 2.05) is 12.1 Å². The minimum Gasteiger partial charge on any atom is -0.455 e. The van der Waals surface area contributed by atoms with Crippen molar-refractivity contribution in [3.05, 3.63) is 63.5 Å². The van der Waals surface area contributed by atoms with Crippen LogP contribution in [-0.4, -0.2) is 51.5 Å². The van der Waals surface area contributed by atoms with Gasteiger partial charge in [0.25, 0.3) is 5.91 Å². The van der Waals surface area contributed by atoms with E-state index in [-0.39, 0.29) is 24.5 Å². The Bertz CT molecular complexity index is 1150. The molecule has 1 saturated heterocycles. The number of para-hydroxylation sites is 1. The highest BCUT2D eigenvalue weighted by atomic mass is 35.5. The van der Waals surface area contributed by atoms with Crippen LogP contribution in [0.1, 0.15) is 12.5 Å². The number of nitrogens with one attached hydrogen (secondary N) is 2. The molecule has 2 aromatic rings. The first kappa shape index (κ1) is 24.1. The first-order chi connectivity index (χ1) is 16.4. The number of rotatable bonds is 4. The van der Waals surface area contributed by atoms with Crippen LogP contribution >= 0.6 is 23.2 Å². The van der Waals surface area contributed by atoms with Crippen LogP contribution in [0.3, 0.4) is 0 Å². The molecule has 178 valence electrons. The van der Waals surface area contributed by atoms with E-state index in [4.69, 9.17) is 27.9 Å². The van der Waals surface area contributed by atoms with E-state index in [1.165, 1.54) is 10.6 Å². The number of hydrogen-bond acceptors (Lipinski definition) is 5. The van der Waals surface area contributed by atoms with Crippen molar-refractivity contribution in [3.63, 3.8) is 0 Å². The Hall–Kier alpha value is -3.07. The topological polar surface area (TPSA) is 81.6 Å². The smallest absolute Gasteiger partial charge is 0.262 e. The van der Waals surface area contributed by atoms with E-state index in [1.54, 1.807) is 25.1 Å². The van der Waals surface area contributed by atoms with Gasteiger partial charge in [-0.1, -0.05) is 29.3 Å². The van der Waals surface area contributed by atoms with Crippen LogP contribution in [0, 0.1) is 6.92 Å². The Morgan fingerprint density at radius 2 is 1.85 bits per heavy atom. The molecule has 0 aromatic heterocycles. The number of halogens is 2. The predicted molar refractivity (Wildman–Crippen MR) is 139 cm³/mol. The summed E-state index contributed by atoms with van der Waals surface area (Å²) >= 11 is 12.5. The molecule has 10 heteroatoms. The SMILES string of the molecule is C=N/C(=N\C1=C(C)C(=O)N(c2c(Cl)cccc2Cl)CO1)Nc1ccc(N2CCNCC2)c(C)c1. The van der Waals surface area contributed by atoms with Gasteiger partial charge in [0, 0.05) is 37.6 Å². The zero-order chi connectivity index (χ0) is 24.2. The molecule has 2 N–H and O–H groups in total. The number of piperazine rings is 1. The summed E-state index contributed by atoms with van der Waals surface area (Å²) in [7, 11) is 0. The van der Waals surface area contributed by atoms with Crippen molar-refractivity contribution in [3.8, 4) is 0 Å². The Kier molecular flexibility index (Phi) is 7.41. The lowest BCUT2D eigenvalue weighted by Crippen LogP contribution is -2.43. The molecule has 34 heavy (non-hydrogen) atoms. The molecule has 2 aliphatic heterocycles. The second-order valence-electron chi connectivity index (χ2n) is 7.96. The van der Waals surface area contributed by atoms with Crippen LogP contribution in [0.25, 0.3) is 0 Å². The summed E-state index contributed by atoms with van der Waals surface area (Å²) in [5, 5.41) is 7.24. The highest BCUT2D eigenvalue weighted by Gasteiger charge is 2.30. The summed E-state index contributed by atoms with van der Waals surface area (Å²) in [4.78, 5) is 25.1. The molecule has 4 rings (SSSR count). The second kappa shape index (κ2) is 10.5. The quantitative estimate of drug-likeness (QED) is 0.479. The standard InChI is InChI=1S/C24H26Cl2N6O2/c1-15-13-17(7-8-20(15)31-11-9-28-10-12-31)29-24(27-3)30-22-16(2)23(33)32(14-34-22)21-18(25)5-4-6-19(21)26/h4-8,13,28H,3,9-12,14H2,1-2H3,(H,29,30). The fraction of sp³-hybridized carbons (Fsp3) is 0.292. The molecular formula is C24H26Cl2N6O2. The van der Waals surface area contributed by atoms with E-state index in [0.717, 1.165) is 37.4 Å². The van der Waals surface area contributed by atoms with Crippen LogP contribution in [0.5, 0.6) is 0 Å². The molecule has 8 nitrogen and oxygen atoms in total. The second-order valence-corrected chi connectivity index (χ2v) is 8.78. The summed E-state index contributed by atoms with van der Waals surface area (Å²) in [6.07, 6.45) is 0. The molecule has 0 saturated carbocycles.